The Bertz CT molecular complexity index is 188. The minimum Gasteiger partial charge on any atom is -0.330 e. The van der Waals surface area contributed by atoms with Crippen LogP contribution in [0.2, 0.25) is 0 Å². The highest BCUT2D eigenvalue weighted by molar-refractivity contribution is 6.27. The number of carbonyl (C=O) groups is 3. The van der Waals surface area contributed by atoms with E-state index in [9.17, 15) is 14.4 Å². The molecule has 5 heteroatoms. The van der Waals surface area contributed by atoms with Gasteiger partial charge in [-0.2, -0.15) is 0 Å². The fourth-order valence-corrected chi connectivity index (χ4v) is 0.473. The van der Waals surface area contributed by atoms with Crippen LogP contribution < -0.4 is 0 Å². The van der Waals surface area contributed by atoms with Gasteiger partial charge in [0, 0.05) is 21.1 Å². The van der Waals surface area contributed by atoms with Crippen molar-refractivity contribution in [3.8, 4) is 0 Å². The molecule has 11 heavy (non-hydrogen) atoms. The molecule has 0 saturated carbocycles. The van der Waals surface area contributed by atoms with Gasteiger partial charge in [0.05, 0.1) is 0 Å². The molecule has 0 N–H and O–H groups in total. The van der Waals surface area contributed by atoms with Crippen LogP contribution >= 0.6 is 0 Å². The second-order valence-corrected chi connectivity index (χ2v) is 2.19. The van der Waals surface area contributed by atoms with E-state index in [0.29, 0.717) is 0 Å². The summed E-state index contributed by atoms with van der Waals surface area (Å²) in [5.41, 5.74) is 0. The van der Waals surface area contributed by atoms with Gasteiger partial charge in [0.15, 0.2) is 0 Å². The van der Waals surface area contributed by atoms with Gasteiger partial charge in [0.1, 0.15) is 0 Å². The molecule has 0 aromatic heterocycles. The van der Waals surface area contributed by atoms with Gasteiger partial charge in [-0.1, -0.05) is 0 Å². The predicted octanol–water partition coefficient (Wildman–Crippen LogP) is -0.675. The fraction of sp³-hybridized carbons (Fsp3) is 0.500. The van der Waals surface area contributed by atoms with Gasteiger partial charge in [-0.25, -0.2) is 4.79 Å². The minimum atomic E-state index is -0.844. The first-order valence-electron chi connectivity index (χ1n) is 2.95. The van der Waals surface area contributed by atoms with Gasteiger partial charge in [-0.05, 0) is 0 Å². The average molecular weight is 158 g/mol. The molecule has 62 valence electrons. The summed E-state index contributed by atoms with van der Waals surface area (Å²) in [6.07, 6.45) is 0.0986. The average Bonchev–Trinajstić information content (AvgIpc) is 2.00. The van der Waals surface area contributed by atoms with Crippen LogP contribution in [0.5, 0.6) is 0 Å². The van der Waals surface area contributed by atoms with E-state index in [0.717, 1.165) is 4.90 Å². The SMILES string of the molecule is CN(C)C(=O)N(C)C(=O)C=O. The summed E-state index contributed by atoms with van der Waals surface area (Å²) in [6.45, 7) is 0. The number of carbonyl (C=O) groups excluding carboxylic acids is 3. The largest absolute Gasteiger partial charge is 0.330 e. The number of imide groups is 1. The van der Waals surface area contributed by atoms with Crippen molar-refractivity contribution in [2.45, 2.75) is 0 Å². The van der Waals surface area contributed by atoms with Crippen LogP contribution in [-0.4, -0.2) is 49.2 Å². The standard InChI is InChI=1S/C6H10N2O3/c1-7(2)6(11)8(3)5(10)4-9/h4H,1-3H3. The van der Waals surface area contributed by atoms with Crippen molar-refractivity contribution in [1.82, 2.24) is 9.80 Å². The van der Waals surface area contributed by atoms with Crippen LogP contribution in [0.3, 0.4) is 0 Å². The summed E-state index contributed by atoms with van der Waals surface area (Å²) in [6, 6.07) is -0.512. The zero-order chi connectivity index (χ0) is 9.02. The lowest BCUT2D eigenvalue weighted by molar-refractivity contribution is -0.136. The van der Waals surface area contributed by atoms with Gasteiger partial charge >= 0.3 is 6.03 Å². The van der Waals surface area contributed by atoms with E-state index < -0.39 is 11.9 Å². The van der Waals surface area contributed by atoms with Gasteiger partial charge in [-0.3, -0.25) is 14.5 Å². The molecule has 0 saturated heterocycles. The molecule has 0 spiro atoms. The van der Waals surface area contributed by atoms with Crippen LogP contribution in [-0.2, 0) is 9.59 Å². The molecular formula is C6H10N2O3. The number of amides is 3. The van der Waals surface area contributed by atoms with Crippen molar-refractivity contribution in [3.05, 3.63) is 0 Å². The zero-order valence-corrected chi connectivity index (χ0v) is 6.70. The lowest BCUT2D eigenvalue weighted by Crippen LogP contribution is -2.40. The Labute approximate surface area is 64.6 Å². The maximum atomic E-state index is 10.9. The van der Waals surface area contributed by atoms with Crippen LogP contribution in [0.15, 0.2) is 0 Å². The van der Waals surface area contributed by atoms with Crippen LogP contribution in [0.25, 0.3) is 0 Å². The molecule has 0 aromatic rings. The third kappa shape index (κ3) is 2.37. The number of aldehydes is 1. The van der Waals surface area contributed by atoms with Crippen molar-refractivity contribution >= 4 is 18.2 Å². The molecule has 3 amide bonds. The molecular weight excluding hydrogens is 148 g/mol. The molecule has 0 fully saturated rings. The second-order valence-electron chi connectivity index (χ2n) is 2.19. The Morgan fingerprint density at radius 3 is 1.91 bits per heavy atom. The lowest BCUT2D eigenvalue weighted by atomic mass is 10.6. The number of nitrogens with zero attached hydrogens (tertiary/aromatic N) is 2. The maximum absolute atomic E-state index is 10.9. The molecule has 0 aromatic carbocycles. The Balaban J connectivity index is 4.24. The Hall–Kier alpha value is -1.39. The van der Waals surface area contributed by atoms with Crippen molar-refractivity contribution < 1.29 is 14.4 Å². The second kappa shape index (κ2) is 3.70. The third-order valence-electron chi connectivity index (χ3n) is 1.10. The first kappa shape index (κ1) is 9.61. The van der Waals surface area contributed by atoms with Gasteiger partial charge in [0.2, 0.25) is 6.29 Å². The molecule has 0 heterocycles. The van der Waals surface area contributed by atoms with Gasteiger partial charge < -0.3 is 4.90 Å². The van der Waals surface area contributed by atoms with Crippen molar-refractivity contribution in [1.29, 1.82) is 0 Å². The molecule has 0 bridgehead atoms. The highest BCUT2D eigenvalue weighted by Crippen LogP contribution is 1.89. The fourth-order valence-electron chi connectivity index (χ4n) is 0.473. The van der Waals surface area contributed by atoms with E-state index in [1.807, 2.05) is 0 Å². The molecule has 0 aliphatic rings. The van der Waals surface area contributed by atoms with Gasteiger partial charge in [0.25, 0.3) is 5.91 Å². The molecule has 0 aliphatic heterocycles. The van der Waals surface area contributed by atoms with Crippen LogP contribution in [0.1, 0.15) is 0 Å². The molecule has 0 atom stereocenters. The quantitative estimate of drug-likeness (QED) is 0.375. The minimum absolute atomic E-state index is 0.0986. The highest BCUT2D eigenvalue weighted by atomic mass is 16.2. The number of hydrogen-bond donors (Lipinski definition) is 0. The highest BCUT2D eigenvalue weighted by Gasteiger charge is 2.16. The summed E-state index contributed by atoms with van der Waals surface area (Å²) in [5.74, 6) is -0.844. The summed E-state index contributed by atoms with van der Waals surface area (Å²) in [7, 11) is 4.24. The molecule has 0 aliphatic carbocycles. The Morgan fingerprint density at radius 1 is 1.18 bits per heavy atom. The Morgan fingerprint density at radius 2 is 1.64 bits per heavy atom. The molecule has 0 rings (SSSR count). The Kier molecular flexibility index (Phi) is 3.23. The molecule has 5 nitrogen and oxygen atoms in total. The summed E-state index contributed by atoms with van der Waals surface area (Å²) in [4.78, 5) is 33.3. The van der Waals surface area contributed by atoms with E-state index in [4.69, 9.17) is 0 Å². The zero-order valence-electron chi connectivity index (χ0n) is 6.70. The van der Waals surface area contributed by atoms with E-state index in [1.54, 1.807) is 0 Å². The van der Waals surface area contributed by atoms with Crippen molar-refractivity contribution in [2.24, 2.45) is 0 Å². The first-order valence-corrected chi connectivity index (χ1v) is 2.95. The van der Waals surface area contributed by atoms with Crippen LogP contribution in [0.4, 0.5) is 4.79 Å². The smallest absolute Gasteiger partial charge is 0.326 e. The van der Waals surface area contributed by atoms with Crippen molar-refractivity contribution in [2.75, 3.05) is 21.1 Å². The summed E-state index contributed by atoms with van der Waals surface area (Å²) >= 11 is 0. The lowest BCUT2D eigenvalue weighted by Gasteiger charge is -2.17. The van der Waals surface area contributed by atoms with Crippen molar-refractivity contribution in [3.63, 3.8) is 0 Å². The molecule has 0 unspecified atom stereocenters. The number of urea groups is 1. The first-order chi connectivity index (χ1) is 5.00. The third-order valence-corrected chi connectivity index (χ3v) is 1.10. The normalized spacial score (nSPS) is 8.64. The predicted molar refractivity (Wildman–Crippen MR) is 37.9 cm³/mol. The monoisotopic (exact) mass is 158 g/mol. The topological polar surface area (TPSA) is 57.7 Å². The summed E-state index contributed by atoms with van der Waals surface area (Å²) < 4.78 is 0. The number of hydrogen-bond acceptors (Lipinski definition) is 3. The van der Waals surface area contributed by atoms with E-state index in [2.05, 4.69) is 0 Å². The summed E-state index contributed by atoms with van der Waals surface area (Å²) in [5, 5.41) is 0. The van der Waals surface area contributed by atoms with E-state index in [-0.39, 0.29) is 6.29 Å². The molecule has 0 radical (unpaired) electrons. The van der Waals surface area contributed by atoms with E-state index in [1.165, 1.54) is 26.0 Å². The van der Waals surface area contributed by atoms with Crippen LogP contribution in [0, 0.1) is 0 Å². The number of likely N-dealkylation sites (N-methyl/N-ethyl adjacent to an activating group) is 1. The van der Waals surface area contributed by atoms with Gasteiger partial charge in [-0.15, -0.1) is 0 Å². The van der Waals surface area contributed by atoms with E-state index >= 15 is 0 Å². The number of rotatable bonds is 1. The maximum Gasteiger partial charge on any atom is 0.326 e.